The minimum atomic E-state index is 0.209. The highest BCUT2D eigenvalue weighted by Gasteiger charge is 2.07. The molecule has 14 heavy (non-hydrogen) atoms. The molecule has 0 aliphatic heterocycles. The second-order valence-electron chi connectivity index (χ2n) is 3.92. The molecule has 78 valence electrons. The van der Waals surface area contributed by atoms with Gasteiger partial charge in [-0.25, -0.2) is 0 Å². The van der Waals surface area contributed by atoms with Crippen LogP contribution in [0.3, 0.4) is 0 Å². The molecular weight excluding hydrogens is 174 g/mol. The van der Waals surface area contributed by atoms with Gasteiger partial charge in [-0.2, -0.15) is 0 Å². The summed E-state index contributed by atoms with van der Waals surface area (Å²) in [6.45, 7) is 6.24. The van der Waals surface area contributed by atoms with Gasteiger partial charge in [-0.05, 0) is 56.0 Å². The van der Waals surface area contributed by atoms with Gasteiger partial charge >= 0.3 is 0 Å². The summed E-state index contributed by atoms with van der Waals surface area (Å²) in [6.07, 6.45) is 0.932. The number of ether oxygens (including phenoxy) is 1. The van der Waals surface area contributed by atoms with Gasteiger partial charge in [0.15, 0.2) is 0 Å². The molecule has 2 nitrogen and oxygen atoms in total. The lowest BCUT2D eigenvalue weighted by Crippen LogP contribution is -2.19. The molecule has 1 aromatic carbocycles. The predicted octanol–water partition coefficient (Wildman–Crippen LogP) is 2.20. The monoisotopic (exact) mass is 193 g/mol. The Hall–Kier alpha value is -1.02. The van der Waals surface area contributed by atoms with Crippen molar-refractivity contribution in [2.75, 3.05) is 7.11 Å². The Morgan fingerprint density at radius 3 is 2.14 bits per heavy atom. The number of hydrogen-bond donors (Lipinski definition) is 1. The molecule has 1 unspecified atom stereocenters. The topological polar surface area (TPSA) is 35.2 Å². The van der Waals surface area contributed by atoms with E-state index >= 15 is 0 Å². The molecule has 1 rings (SSSR count). The van der Waals surface area contributed by atoms with E-state index in [1.54, 1.807) is 7.11 Å². The average molecular weight is 193 g/mol. The van der Waals surface area contributed by atoms with E-state index in [2.05, 4.69) is 26.0 Å². The van der Waals surface area contributed by atoms with Crippen LogP contribution in [0.5, 0.6) is 5.75 Å². The van der Waals surface area contributed by atoms with Crippen molar-refractivity contribution in [2.45, 2.75) is 33.2 Å². The van der Waals surface area contributed by atoms with E-state index in [1.807, 2.05) is 6.92 Å². The third kappa shape index (κ3) is 2.48. The van der Waals surface area contributed by atoms with Crippen LogP contribution in [0.25, 0.3) is 0 Å². The highest BCUT2D eigenvalue weighted by Crippen LogP contribution is 2.22. The third-order valence-electron chi connectivity index (χ3n) is 2.43. The Morgan fingerprint density at radius 2 is 1.79 bits per heavy atom. The number of benzene rings is 1. The molecule has 0 fully saturated rings. The summed E-state index contributed by atoms with van der Waals surface area (Å²) >= 11 is 0. The molecule has 1 atom stereocenters. The SMILES string of the molecule is COc1cc(C)c(CC(C)N)c(C)c1. The fraction of sp³-hybridized carbons (Fsp3) is 0.500. The lowest BCUT2D eigenvalue weighted by atomic mass is 9.97. The molecule has 0 aliphatic rings. The summed E-state index contributed by atoms with van der Waals surface area (Å²) in [7, 11) is 1.69. The average Bonchev–Trinajstić information content (AvgIpc) is 2.10. The third-order valence-corrected chi connectivity index (χ3v) is 2.43. The molecule has 0 saturated heterocycles. The molecular formula is C12H19NO. The summed E-state index contributed by atoms with van der Waals surface area (Å²) in [4.78, 5) is 0. The second-order valence-corrected chi connectivity index (χ2v) is 3.92. The van der Waals surface area contributed by atoms with Gasteiger partial charge in [0.2, 0.25) is 0 Å². The Balaban J connectivity index is 3.05. The van der Waals surface area contributed by atoms with E-state index in [1.165, 1.54) is 16.7 Å². The van der Waals surface area contributed by atoms with E-state index in [4.69, 9.17) is 10.5 Å². The molecule has 0 aliphatic carbocycles. The van der Waals surface area contributed by atoms with Crippen LogP contribution in [0.2, 0.25) is 0 Å². The largest absolute Gasteiger partial charge is 0.497 e. The van der Waals surface area contributed by atoms with E-state index in [0.717, 1.165) is 12.2 Å². The van der Waals surface area contributed by atoms with Gasteiger partial charge in [-0.1, -0.05) is 0 Å². The maximum atomic E-state index is 5.80. The van der Waals surface area contributed by atoms with Gasteiger partial charge in [0, 0.05) is 6.04 Å². The molecule has 2 N–H and O–H groups in total. The van der Waals surface area contributed by atoms with E-state index in [9.17, 15) is 0 Å². The zero-order valence-corrected chi connectivity index (χ0v) is 9.42. The molecule has 0 spiro atoms. The van der Waals surface area contributed by atoms with E-state index in [-0.39, 0.29) is 6.04 Å². The molecule has 1 aromatic rings. The van der Waals surface area contributed by atoms with Crippen molar-refractivity contribution < 1.29 is 4.74 Å². The van der Waals surface area contributed by atoms with Crippen LogP contribution in [0.4, 0.5) is 0 Å². The molecule has 2 heteroatoms. The van der Waals surface area contributed by atoms with Crippen molar-refractivity contribution in [3.05, 3.63) is 28.8 Å². The first-order valence-electron chi connectivity index (χ1n) is 4.94. The summed E-state index contributed by atoms with van der Waals surface area (Å²) in [5.41, 5.74) is 9.68. The van der Waals surface area contributed by atoms with Crippen molar-refractivity contribution in [1.82, 2.24) is 0 Å². The predicted molar refractivity (Wildman–Crippen MR) is 59.8 cm³/mol. The molecule has 0 saturated carbocycles. The zero-order valence-electron chi connectivity index (χ0n) is 9.42. The fourth-order valence-corrected chi connectivity index (χ4v) is 1.72. The normalized spacial score (nSPS) is 12.6. The second kappa shape index (κ2) is 4.47. The summed E-state index contributed by atoms with van der Waals surface area (Å²) in [5, 5.41) is 0. The molecule has 0 heterocycles. The van der Waals surface area contributed by atoms with E-state index < -0.39 is 0 Å². The standard InChI is InChI=1S/C12H19NO/c1-8-5-11(14-4)6-9(2)12(8)7-10(3)13/h5-6,10H,7,13H2,1-4H3. The van der Waals surface area contributed by atoms with Crippen LogP contribution in [-0.4, -0.2) is 13.2 Å². The minimum Gasteiger partial charge on any atom is -0.497 e. The molecule has 0 aromatic heterocycles. The van der Waals surface area contributed by atoms with Crippen molar-refractivity contribution in [1.29, 1.82) is 0 Å². The number of nitrogens with two attached hydrogens (primary N) is 1. The minimum absolute atomic E-state index is 0.209. The molecule has 0 bridgehead atoms. The van der Waals surface area contributed by atoms with Crippen LogP contribution in [0.1, 0.15) is 23.6 Å². The first kappa shape index (κ1) is 11.1. The van der Waals surface area contributed by atoms with Crippen LogP contribution in [0.15, 0.2) is 12.1 Å². The first-order valence-corrected chi connectivity index (χ1v) is 4.94. The van der Waals surface area contributed by atoms with E-state index in [0.29, 0.717) is 0 Å². The Morgan fingerprint density at radius 1 is 1.29 bits per heavy atom. The van der Waals surface area contributed by atoms with Crippen LogP contribution < -0.4 is 10.5 Å². The van der Waals surface area contributed by atoms with Crippen LogP contribution in [0, 0.1) is 13.8 Å². The summed E-state index contributed by atoms with van der Waals surface area (Å²) in [5.74, 6) is 0.924. The summed E-state index contributed by atoms with van der Waals surface area (Å²) < 4.78 is 5.20. The van der Waals surface area contributed by atoms with Crippen molar-refractivity contribution >= 4 is 0 Å². The van der Waals surface area contributed by atoms with Crippen molar-refractivity contribution in [2.24, 2.45) is 5.73 Å². The van der Waals surface area contributed by atoms with Crippen molar-refractivity contribution in [3.63, 3.8) is 0 Å². The van der Waals surface area contributed by atoms with Gasteiger partial charge in [0.05, 0.1) is 7.11 Å². The molecule has 0 amide bonds. The summed E-state index contributed by atoms with van der Waals surface area (Å²) in [6, 6.07) is 4.33. The highest BCUT2D eigenvalue weighted by molar-refractivity contribution is 5.41. The number of hydrogen-bond acceptors (Lipinski definition) is 2. The van der Waals surface area contributed by atoms with Gasteiger partial charge in [-0.3, -0.25) is 0 Å². The number of methoxy groups -OCH3 is 1. The number of rotatable bonds is 3. The van der Waals surface area contributed by atoms with Crippen LogP contribution in [-0.2, 0) is 6.42 Å². The van der Waals surface area contributed by atoms with Crippen LogP contribution >= 0.6 is 0 Å². The maximum absolute atomic E-state index is 5.80. The van der Waals surface area contributed by atoms with Gasteiger partial charge in [0.1, 0.15) is 5.75 Å². The fourth-order valence-electron chi connectivity index (χ4n) is 1.72. The first-order chi connectivity index (χ1) is 6.54. The quantitative estimate of drug-likeness (QED) is 0.798. The highest BCUT2D eigenvalue weighted by atomic mass is 16.5. The molecule has 0 radical (unpaired) electrons. The Kier molecular flexibility index (Phi) is 3.53. The smallest absolute Gasteiger partial charge is 0.119 e. The van der Waals surface area contributed by atoms with Gasteiger partial charge < -0.3 is 10.5 Å². The Labute approximate surface area is 86.1 Å². The lowest BCUT2D eigenvalue weighted by Gasteiger charge is -2.13. The number of aryl methyl sites for hydroxylation is 2. The Bertz CT molecular complexity index is 295. The van der Waals surface area contributed by atoms with Gasteiger partial charge in [-0.15, -0.1) is 0 Å². The zero-order chi connectivity index (χ0) is 10.7. The lowest BCUT2D eigenvalue weighted by molar-refractivity contribution is 0.414. The van der Waals surface area contributed by atoms with Crippen molar-refractivity contribution in [3.8, 4) is 5.75 Å². The maximum Gasteiger partial charge on any atom is 0.119 e. The van der Waals surface area contributed by atoms with Gasteiger partial charge in [0.25, 0.3) is 0 Å².